The number of nitrogens with one attached hydrogen (secondary N) is 2. The number of ether oxygens (including phenoxy) is 1. The van der Waals surface area contributed by atoms with Crippen LogP contribution in [-0.4, -0.2) is 30.6 Å². The number of morpholine rings is 1. The topological polar surface area (TPSA) is 63.2 Å². The van der Waals surface area contributed by atoms with Crippen molar-refractivity contribution in [1.82, 2.24) is 10.3 Å². The maximum atomic E-state index is 12.3. The SMILES string of the molecule is Cc1cc(C(=O)Nc2ccc([C@H]3CNCCO3)cc2)cc(Cl)n1.Cl. The van der Waals surface area contributed by atoms with E-state index in [0.29, 0.717) is 23.0 Å². The number of aryl methyl sites for hydroxylation is 1. The minimum absolute atomic E-state index is 0. The van der Waals surface area contributed by atoms with Gasteiger partial charge in [-0.3, -0.25) is 4.79 Å². The predicted octanol–water partition coefficient (Wildman–Crippen LogP) is 3.38. The zero-order valence-corrected chi connectivity index (χ0v) is 14.8. The molecule has 0 saturated carbocycles. The quantitative estimate of drug-likeness (QED) is 0.816. The first kappa shape index (κ1) is 18.7. The number of hydrogen-bond donors (Lipinski definition) is 2. The van der Waals surface area contributed by atoms with Crippen molar-refractivity contribution < 1.29 is 9.53 Å². The van der Waals surface area contributed by atoms with Gasteiger partial charge in [-0.05, 0) is 36.8 Å². The molecular weight excluding hydrogens is 349 g/mol. The van der Waals surface area contributed by atoms with E-state index in [0.717, 1.165) is 24.3 Å². The van der Waals surface area contributed by atoms with E-state index in [1.807, 2.05) is 24.3 Å². The van der Waals surface area contributed by atoms with Gasteiger partial charge in [-0.1, -0.05) is 23.7 Å². The summed E-state index contributed by atoms with van der Waals surface area (Å²) in [6.45, 7) is 4.21. The zero-order chi connectivity index (χ0) is 16.2. The van der Waals surface area contributed by atoms with Crippen LogP contribution in [0.3, 0.4) is 0 Å². The van der Waals surface area contributed by atoms with Gasteiger partial charge in [0, 0.05) is 30.0 Å². The molecule has 2 N–H and O–H groups in total. The lowest BCUT2D eigenvalue weighted by Crippen LogP contribution is -2.33. The number of nitrogens with zero attached hydrogens (tertiary/aromatic N) is 1. The van der Waals surface area contributed by atoms with Gasteiger partial charge in [0.2, 0.25) is 0 Å². The lowest BCUT2D eigenvalue weighted by atomic mass is 10.1. The summed E-state index contributed by atoms with van der Waals surface area (Å²) >= 11 is 5.89. The molecule has 0 spiro atoms. The molecule has 1 aliphatic rings. The van der Waals surface area contributed by atoms with Crippen molar-refractivity contribution in [2.75, 3.05) is 25.0 Å². The van der Waals surface area contributed by atoms with Gasteiger partial charge >= 0.3 is 0 Å². The van der Waals surface area contributed by atoms with Crippen LogP contribution < -0.4 is 10.6 Å². The molecule has 1 aromatic carbocycles. The Kier molecular flexibility index (Phi) is 6.57. The van der Waals surface area contributed by atoms with Crippen molar-refractivity contribution in [3.05, 3.63) is 58.4 Å². The van der Waals surface area contributed by atoms with E-state index in [4.69, 9.17) is 16.3 Å². The molecule has 2 heterocycles. The van der Waals surface area contributed by atoms with Crippen LogP contribution in [0.5, 0.6) is 0 Å². The lowest BCUT2D eigenvalue weighted by Gasteiger charge is -2.24. The Morgan fingerprint density at radius 2 is 2.08 bits per heavy atom. The highest BCUT2D eigenvalue weighted by molar-refractivity contribution is 6.29. The zero-order valence-electron chi connectivity index (χ0n) is 13.2. The van der Waals surface area contributed by atoms with Crippen LogP contribution in [0, 0.1) is 6.92 Å². The van der Waals surface area contributed by atoms with E-state index >= 15 is 0 Å². The molecule has 1 saturated heterocycles. The Morgan fingerprint density at radius 1 is 1.33 bits per heavy atom. The Hall–Kier alpha value is -1.66. The van der Waals surface area contributed by atoms with Gasteiger partial charge in [0.1, 0.15) is 5.15 Å². The summed E-state index contributed by atoms with van der Waals surface area (Å²) in [5, 5.41) is 6.47. The van der Waals surface area contributed by atoms with Crippen molar-refractivity contribution in [3.63, 3.8) is 0 Å². The molecular formula is C17H19Cl2N3O2. The highest BCUT2D eigenvalue weighted by Gasteiger charge is 2.15. The summed E-state index contributed by atoms with van der Waals surface area (Å²) in [7, 11) is 0. The third kappa shape index (κ3) is 4.68. The Labute approximate surface area is 152 Å². The first-order valence-corrected chi connectivity index (χ1v) is 7.87. The van der Waals surface area contributed by atoms with Gasteiger partial charge in [0.05, 0.1) is 12.7 Å². The lowest BCUT2D eigenvalue weighted by molar-refractivity contribution is 0.0277. The summed E-state index contributed by atoms with van der Waals surface area (Å²) in [5.74, 6) is -0.208. The fourth-order valence-corrected chi connectivity index (χ4v) is 2.77. The average Bonchev–Trinajstić information content (AvgIpc) is 2.55. The fourth-order valence-electron chi connectivity index (χ4n) is 2.52. The van der Waals surface area contributed by atoms with Gasteiger partial charge in [-0.2, -0.15) is 0 Å². The largest absolute Gasteiger partial charge is 0.371 e. The number of hydrogen-bond acceptors (Lipinski definition) is 4. The van der Waals surface area contributed by atoms with E-state index in [-0.39, 0.29) is 24.4 Å². The summed E-state index contributed by atoms with van der Waals surface area (Å²) in [6.07, 6.45) is 0.0650. The van der Waals surface area contributed by atoms with Crippen molar-refractivity contribution in [3.8, 4) is 0 Å². The molecule has 24 heavy (non-hydrogen) atoms. The monoisotopic (exact) mass is 367 g/mol. The van der Waals surface area contributed by atoms with Crippen molar-refractivity contribution in [2.24, 2.45) is 0 Å². The number of aromatic nitrogens is 1. The molecule has 0 bridgehead atoms. The van der Waals surface area contributed by atoms with E-state index in [1.165, 1.54) is 0 Å². The normalized spacial score (nSPS) is 17.0. The molecule has 128 valence electrons. The van der Waals surface area contributed by atoms with E-state index < -0.39 is 0 Å². The smallest absolute Gasteiger partial charge is 0.255 e. The minimum Gasteiger partial charge on any atom is -0.371 e. The Balaban J connectivity index is 0.00000208. The highest BCUT2D eigenvalue weighted by Crippen LogP contribution is 2.21. The fraction of sp³-hybridized carbons (Fsp3) is 0.294. The second kappa shape index (κ2) is 8.44. The number of anilines is 1. The number of carbonyl (C=O) groups excluding carboxylic acids is 1. The van der Waals surface area contributed by atoms with Crippen molar-refractivity contribution in [1.29, 1.82) is 0 Å². The molecule has 0 aliphatic carbocycles. The van der Waals surface area contributed by atoms with Crippen LogP contribution in [0.15, 0.2) is 36.4 Å². The summed E-state index contributed by atoms with van der Waals surface area (Å²) in [4.78, 5) is 16.3. The maximum absolute atomic E-state index is 12.3. The molecule has 1 fully saturated rings. The number of halogens is 2. The molecule has 1 aliphatic heterocycles. The van der Waals surface area contributed by atoms with E-state index in [1.54, 1.807) is 19.1 Å². The van der Waals surface area contributed by atoms with Crippen LogP contribution in [0.1, 0.15) is 27.7 Å². The average molecular weight is 368 g/mol. The standard InChI is InChI=1S/C17H18ClN3O2.ClH/c1-11-8-13(9-16(18)20-11)17(22)21-14-4-2-12(3-5-14)15-10-19-6-7-23-15;/h2-5,8-9,15,19H,6-7,10H2,1H3,(H,21,22);1H/t15-;/m1./s1. The third-order valence-electron chi connectivity index (χ3n) is 3.65. The first-order chi connectivity index (χ1) is 11.1. The highest BCUT2D eigenvalue weighted by atomic mass is 35.5. The Bertz CT molecular complexity index is 681. The van der Waals surface area contributed by atoms with Crippen molar-refractivity contribution >= 4 is 35.6 Å². The van der Waals surface area contributed by atoms with Crippen molar-refractivity contribution in [2.45, 2.75) is 13.0 Å². The second-order valence-corrected chi connectivity index (χ2v) is 5.85. The maximum Gasteiger partial charge on any atom is 0.255 e. The van der Waals surface area contributed by atoms with Gasteiger partial charge in [0.25, 0.3) is 5.91 Å². The molecule has 1 aromatic heterocycles. The van der Waals surface area contributed by atoms with Crippen LogP contribution in [0.25, 0.3) is 0 Å². The molecule has 3 rings (SSSR count). The molecule has 1 amide bonds. The van der Waals surface area contributed by atoms with Gasteiger partial charge in [0.15, 0.2) is 0 Å². The van der Waals surface area contributed by atoms with E-state index in [9.17, 15) is 4.79 Å². The molecule has 1 atom stereocenters. The molecule has 2 aromatic rings. The van der Waals surface area contributed by atoms with Gasteiger partial charge < -0.3 is 15.4 Å². The van der Waals surface area contributed by atoms with Crippen LogP contribution in [0.2, 0.25) is 5.15 Å². The minimum atomic E-state index is -0.208. The number of pyridine rings is 1. The summed E-state index contributed by atoms with van der Waals surface area (Å²) in [6, 6.07) is 11.0. The first-order valence-electron chi connectivity index (χ1n) is 7.49. The van der Waals surface area contributed by atoms with E-state index in [2.05, 4.69) is 15.6 Å². The molecule has 5 nitrogen and oxygen atoms in total. The predicted molar refractivity (Wildman–Crippen MR) is 97.2 cm³/mol. The second-order valence-electron chi connectivity index (χ2n) is 5.46. The van der Waals surface area contributed by atoms with Crippen LogP contribution in [0.4, 0.5) is 5.69 Å². The number of carbonyl (C=O) groups is 1. The summed E-state index contributed by atoms with van der Waals surface area (Å²) in [5.41, 5.74) is 3.03. The summed E-state index contributed by atoms with van der Waals surface area (Å²) < 4.78 is 5.71. The van der Waals surface area contributed by atoms with Gasteiger partial charge in [-0.15, -0.1) is 12.4 Å². The molecule has 0 unspecified atom stereocenters. The third-order valence-corrected chi connectivity index (χ3v) is 3.85. The number of rotatable bonds is 3. The van der Waals surface area contributed by atoms with Gasteiger partial charge in [-0.25, -0.2) is 4.98 Å². The number of benzene rings is 1. The van der Waals surface area contributed by atoms with Crippen LogP contribution in [-0.2, 0) is 4.74 Å². The molecule has 0 radical (unpaired) electrons. The number of amides is 1. The molecule has 7 heteroatoms. The Morgan fingerprint density at radius 3 is 2.71 bits per heavy atom. The van der Waals surface area contributed by atoms with Crippen LogP contribution >= 0.6 is 24.0 Å².